The maximum atomic E-state index is 12.5. The van der Waals surface area contributed by atoms with Crippen molar-refractivity contribution in [2.75, 3.05) is 26.1 Å². The second kappa shape index (κ2) is 8.18. The van der Waals surface area contributed by atoms with Gasteiger partial charge in [0, 0.05) is 11.6 Å². The lowest BCUT2D eigenvalue weighted by Gasteiger charge is -2.13. The first-order valence-corrected chi connectivity index (χ1v) is 8.27. The minimum Gasteiger partial charge on any atom is -0.496 e. The molecule has 7 nitrogen and oxygen atoms in total. The number of nitrogens with zero attached hydrogens (tertiary/aromatic N) is 1. The number of hydrogen-bond donors (Lipinski definition) is 2. The molecule has 0 spiro atoms. The summed E-state index contributed by atoms with van der Waals surface area (Å²) in [6, 6.07) is 14.3. The lowest BCUT2D eigenvalue weighted by atomic mass is 10.1. The van der Waals surface area contributed by atoms with E-state index in [0.717, 1.165) is 5.39 Å². The van der Waals surface area contributed by atoms with Gasteiger partial charge < -0.3 is 20.1 Å². The molecule has 0 atom stereocenters. The van der Waals surface area contributed by atoms with Crippen LogP contribution in [0.2, 0.25) is 0 Å². The Hall–Kier alpha value is -3.61. The third-order valence-corrected chi connectivity index (χ3v) is 3.97. The molecule has 0 aliphatic rings. The van der Waals surface area contributed by atoms with Crippen LogP contribution >= 0.6 is 0 Å². The van der Waals surface area contributed by atoms with Crippen LogP contribution in [0.25, 0.3) is 10.9 Å². The molecule has 0 aliphatic heterocycles. The van der Waals surface area contributed by atoms with Crippen LogP contribution in [0.5, 0.6) is 11.5 Å². The highest BCUT2D eigenvalue weighted by atomic mass is 16.5. The number of nitrogens with one attached hydrogen (secondary N) is 2. The maximum Gasteiger partial charge on any atom is 0.259 e. The fourth-order valence-corrected chi connectivity index (χ4v) is 2.72. The second-order valence-corrected chi connectivity index (χ2v) is 5.65. The molecule has 0 saturated carbocycles. The minimum absolute atomic E-state index is 0.205. The van der Waals surface area contributed by atoms with E-state index in [4.69, 9.17) is 9.47 Å². The Labute approximate surface area is 156 Å². The molecule has 0 radical (unpaired) electrons. The summed E-state index contributed by atoms with van der Waals surface area (Å²) in [4.78, 5) is 29.1. The van der Waals surface area contributed by atoms with Crippen molar-refractivity contribution in [3.63, 3.8) is 0 Å². The van der Waals surface area contributed by atoms with Crippen molar-refractivity contribution in [2.24, 2.45) is 0 Å². The number of hydrogen-bond acceptors (Lipinski definition) is 5. The Kier molecular flexibility index (Phi) is 5.51. The lowest BCUT2D eigenvalue weighted by molar-refractivity contribution is -0.115. The van der Waals surface area contributed by atoms with Crippen LogP contribution in [-0.4, -0.2) is 37.6 Å². The number of carbonyl (C=O) groups excluding carboxylic acids is 2. The molecule has 0 aliphatic carbocycles. The zero-order valence-corrected chi connectivity index (χ0v) is 15.0. The van der Waals surface area contributed by atoms with E-state index in [2.05, 4.69) is 15.6 Å². The molecule has 2 aromatic carbocycles. The van der Waals surface area contributed by atoms with Crippen molar-refractivity contribution in [1.82, 2.24) is 10.3 Å². The number of anilines is 1. The molecule has 1 heterocycles. The zero-order chi connectivity index (χ0) is 19.2. The van der Waals surface area contributed by atoms with Crippen molar-refractivity contribution in [2.45, 2.75) is 0 Å². The normalized spacial score (nSPS) is 10.3. The Morgan fingerprint density at radius 3 is 2.33 bits per heavy atom. The van der Waals surface area contributed by atoms with Crippen LogP contribution in [0, 0.1) is 0 Å². The summed E-state index contributed by atoms with van der Waals surface area (Å²) in [6.45, 7) is -0.205. The number of fused-ring (bicyclic) bond motifs is 1. The number of ether oxygens (including phenoxy) is 2. The molecule has 3 rings (SSSR count). The van der Waals surface area contributed by atoms with Gasteiger partial charge in [0.15, 0.2) is 0 Å². The number of para-hydroxylation sites is 1. The van der Waals surface area contributed by atoms with Crippen LogP contribution in [0.3, 0.4) is 0 Å². The summed E-state index contributed by atoms with van der Waals surface area (Å²) in [5.41, 5.74) is 1.51. The van der Waals surface area contributed by atoms with E-state index in [-0.39, 0.29) is 18.0 Å². The highest BCUT2D eigenvalue weighted by Gasteiger charge is 2.18. The smallest absolute Gasteiger partial charge is 0.259 e. The van der Waals surface area contributed by atoms with E-state index in [1.165, 1.54) is 14.2 Å². The predicted octanol–water partition coefficient (Wildman–Crippen LogP) is 2.62. The minimum atomic E-state index is -0.463. The summed E-state index contributed by atoms with van der Waals surface area (Å²) in [7, 11) is 2.93. The quantitative estimate of drug-likeness (QED) is 0.701. The average molecular weight is 365 g/mol. The number of carbonyl (C=O) groups is 2. The van der Waals surface area contributed by atoms with Crippen LogP contribution in [-0.2, 0) is 4.79 Å². The van der Waals surface area contributed by atoms with E-state index in [1.54, 1.807) is 30.5 Å². The summed E-state index contributed by atoms with van der Waals surface area (Å²) in [5.74, 6) is -0.0955. The standard InChI is InChI=1S/C20H19N3O4/c1-26-15-9-4-10-16(27-2)18(15)20(25)22-12-17(24)23-14-8-3-6-13-7-5-11-21-19(13)14/h3-11H,12H2,1-2H3,(H,22,25)(H,23,24). The molecule has 3 aromatic rings. The van der Waals surface area contributed by atoms with Crippen molar-refractivity contribution >= 4 is 28.4 Å². The fraction of sp³-hybridized carbons (Fsp3) is 0.150. The van der Waals surface area contributed by atoms with Gasteiger partial charge in [-0.05, 0) is 24.3 Å². The van der Waals surface area contributed by atoms with E-state index in [1.807, 2.05) is 24.3 Å². The van der Waals surface area contributed by atoms with Crippen molar-refractivity contribution in [1.29, 1.82) is 0 Å². The molecule has 0 fully saturated rings. The van der Waals surface area contributed by atoms with E-state index in [0.29, 0.717) is 22.7 Å². The Morgan fingerprint density at radius 1 is 0.963 bits per heavy atom. The van der Waals surface area contributed by atoms with Gasteiger partial charge in [-0.2, -0.15) is 0 Å². The van der Waals surface area contributed by atoms with E-state index in [9.17, 15) is 9.59 Å². The highest BCUT2D eigenvalue weighted by molar-refractivity contribution is 6.04. The molecule has 7 heteroatoms. The van der Waals surface area contributed by atoms with Gasteiger partial charge >= 0.3 is 0 Å². The largest absolute Gasteiger partial charge is 0.496 e. The van der Waals surface area contributed by atoms with Gasteiger partial charge in [0.1, 0.15) is 17.1 Å². The van der Waals surface area contributed by atoms with E-state index >= 15 is 0 Å². The Bertz CT molecular complexity index is 960. The molecule has 2 amide bonds. The third-order valence-electron chi connectivity index (χ3n) is 3.97. The Morgan fingerprint density at radius 2 is 1.63 bits per heavy atom. The monoisotopic (exact) mass is 365 g/mol. The molecular weight excluding hydrogens is 346 g/mol. The number of benzene rings is 2. The predicted molar refractivity (Wildman–Crippen MR) is 102 cm³/mol. The number of rotatable bonds is 6. The molecule has 0 saturated heterocycles. The second-order valence-electron chi connectivity index (χ2n) is 5.65. The van der Waals surface area contributed by atoms with Crippen LogP contribution in [0.1, 0.15) is 10.4 Å². The lowest BCUT2D eigenvalue weighted by Crippen LogP contribution is -2.33. The third kappa shape index (κ3) is 3.98. The maximum absolute atomic E-state index is 12.5. The van der Waals surface area contributed by atoms with Gasteiger partial charge in [0.25, 0.3) is 5.91 Å². The van der Waals surface area contributed by atoms with Crippen molar-refractivity contribution in [3.05, 3.63) is 60.3 Å². The number of methoxy groups -OCH3 is 2. The molecular formula is C20H19N3O4. The molecule has 0 unspecified atom stereocenters. The average Bonchev–Trinajstić information content (AvgIpc) is 2.71. The van der Waals surface area contributed by atoms with Crippen LogP contribution in [0.15, 0.2) is 54.7 Å². The first-order valence-electron chi connectivity index (χ1n) is 8.27. The SMILES string of the molecule is COc1cccc(OC)c1C(=O)NCC(=O)Nc1cccc2cccnc12. The van der Waals surface area contributed by atoms with Gasteiger partial charge in [-0.25, -0.2) is 0 Å². The van der Waals surface area contributed by atoms with Gasteiger partial charge in [-0.3, -0.25) is 14.6 Å². The Balaban J connectivity index is 1.70. The fourth-order valence-electron chi connectivity index (χ4n) is 2.72. The molecule has 27 heavy (non-hydrogen) atoms. The summed E-state index contributed by atoms with van der Waals surface area (Å²) < 4.78 is 10.4. The first kappa shape index (κ1) is 18.2. The van der Waals surface area contributed by atoms with Crippen LogP contribution in [0.4, 0.5) is 5.69 Å². The topological polar surface area (TPSA) is 89.5 Å². The molecule has 0 bridgehead atoms. The first-order chi connectivity index (χ1) is 13.1. The van der Waals surface area contributed by atoms with Gasteiger partial charge in [0.2, 0.25) is 5.91 Å². The molecule has 2 N–H and O–H groups in total. The highest BCUT2D eigenvalue weighted by Crippen LogP contribution is 2.28. The number of aromatic nitrogens is 1. The molecule has 1 aromatic heterocycles. The van der Waals surface area contributed by atoms with Crippen LogP contribution < -0.4 is 20.1 Å². The van der Waals surface area contributed by atoms with Gasteiger partial charge in [0.05, 0.1) is 32.0 Å². The van der Waals surface area contributed by atoms with Gasteiger partial charge in [-0.1, -0.05) is 24.3 Å². The van der Waals surface area contributed by atoms with Gasteiger partial charge in [-0.15, -0.1) is 0 Å². The number of pyridine rings is 1. The van der Waals surface area contributed by atoms with E-state index < -0.39 is 5.91 Å². The number of amides is 2. The van der Waals surface area contributed by atoms with Crippen molar-refractivity contribution in [3.8, 4) is 11.5 Å². The summed E-state index contributed by atoms with van der Waals surface area (Å²) in [6.07, 6.45) is 1.66. The molecule has 138 valence electrons. The zero-order valence-electron chi connectivity index (χ0n) is 15.0. The summed E-state index contributed by atoms with van der Waals surface area (Å²) >= 11 is 0. The summed E-state index contributed by atoms with van der Waals surface area (Å²) in [5, 5.41) is 6.27. The van der Waals surface area contributed by atoms with Crippen molar-refractivity contribution < 1.29 is 19.1 Å².